The number of esters is 1. The number of rotatable bonds is 4. The van der Waals surface area contributed by atoms with E-state index in [2.05, 4.69) is 0 Å². The van der Waals surface area contributed by atoms with E-state index in [0.717, 1.165) is 6.08 Å². The lowest BCUT2D eigenvalue weighted by molar-refractivity contribution is -0.331. The molecule has 0 bridgehead atoms. The van der Waals surface area contributed by atoms with Crippen LogP contribution < -0.4 is 0 Å². The zero-order valence-corrected chi connectivity index (χ0v) is 12.4. The quantitative estimate of drug-likeness (QED) is 0.217. The number of carbonyl (C=O) groups is 1. The van der Waals surface area contributed by atoms with Crippen LogP contribution in [0.25, 0.3) is 6.08 Å². The van der Waals surface area contributed by atoms with Crippen molar-refractivity contribution in [2.45, 2.75) is 24.1 Å². The Balaban J connectivity index is 1.97. The minimum Gasteiger partial charge on any atom is -0.504 e. The van der Waals surface area contributed by atoms with Crippen molar-refractivity contribution in [3.63, 3.8) is 0 Å². The monoisotopic (exact) mass is 342 g/mol. The van der Waals surface area contributed by atoms with Gasteiger partial charge in [-0.3, -0.25) is 0 Å². The maximum Gasteiger partial charge on any atom is 0.331 e. The van der Waals surface area contributed by atoms with E-state index in [0.29, 0.717) is 5.56 Å². The molecule has 132 valence electrons. The molecule has 0 aliphatic carbocycles. The largest absolute Gasteiger partial charge is 0.504 e. The molecule has 4 atom stereocenters. The Kier molecular flexibility index (Phi) is 5.42. The summed E-state index contributed by atoms with van der Waals surface area (Å²) in [5.74, 6) is -3.84. The Hall–Kier alpha value is -2.17. The molecule has 2 rings (SSSR count). The van der Waals surface area contributed by atoms with Gasteiger partial charge in [0.1, 0.15) is 12.2 Å². The van der Waals surface area contributed by atoms with Crippen LogP contribution >= 0.6 is 0 Å². The average Bonchev–Trinajstić information content (AvgIpc) is 2.56. The van der Waals surface area contributed by atoms with Crippen molar-refractivity contribution in [2.75, 3.05) is 13.2 Å². The molecule has 0 saturated carbocycles. The molecule has 9 nitrogen and oxygen atoms in total. The Morgan fingerprint density at radius 1 is 1.33 bits per heavy atom. The van der Waals surface area contributed by atoms with Crippen molar-refractivity contribution in [1.29, 1.82) is 0 Å². The molecule has 0 amide bonds. The molecule has 1 heterocycles. The first-order valence-electron chi connectivity index (χ1n) is 7.01. The lowest BCUT2D eigenvalue weighted by Crippen LogP contribution is -2.63. The fourth-order valence-corrected chi connectivity index (χ4v) is 2.12. The van der Waals surface area contributed by atoms with Gasteiger partial charge in [0.2, 0.25) is 5.79 Å². The van der Waals surface area contributed by atoms with Crippen LogP contribution in [0.4, 0.5) is 0 Å². The van der Waals surface area contributed by atoms with Gasteiger partial charge < -0.3 is 40.1 Å². The maximum absolute atomic E-state index is 11.7. The van der Waals surface area contributed by atoms with E-state index < -0.39 is 43.3 Å². The van der Waals surface area contributed by atoms with E-state index in [1.165, 1.54) is 24.3 Å². The van der Waals surface area contributed by atoms with E-state index in [9.17, 15) is 30.3 Å². The molecule has 0 unspecified atom stereocenters. The normalized spacial score (nSPS) is 30.4. The van der Waals surface area contributed by atoms with Gasteiger partial charge in [-0.25, -0.2) is 4.79 Å². The molecule has 1 aliphatic heterocycles. The van der Waals surface area contributed by atoms with Gasteiger partial charge in [-0.2, -0.15) is 0 Å². The van der Waals surface area contributed by atoms with Gasteiger partial charge >= 0.3 is 5.97 Å². The summed E-state index contributed by atoms with van der Waals surface area (Å²) in [4.78, 5) is 11.7. The van der Waals surface area contributed by atoms with Crippen molar-refractivity contribution < 1.29 is 44.9 Å². The summed E-state index contributed by atoms with van der Waals surface area (Å²) in [6.45, 7) is -1.36. The van der Waals surface area contributed by atoms with E-state index in [1.54, 1.807) is 0 Å². The zero-order valence-electron chi connectivity index (χ0n) is 12.4. The zero-order chi connectivity index (χ0) is 17.9. The molecule has 0 aromatic heterocycles. The van der Waals surface area contributed by atoms with Crippen molar-refractivity contribution in [3.05, 3.63) is 29.8 Å². The Morgan fingerprint density at radius 2 is 2.04 bits per heavy atom. The second-order valence-electron chi connectivity index (χ2n) is 5.31. The minimum atomic E-state index is -2.32. The van der Waals surface area contributed by atoms with Crippen LogP contribution in [0.5, 0.6) is 11.5 Å². The third kappa shape index (κ3) is 3.83. The van der Waals surface area contributed by atoms with Gasteiger partial charge in [0.25, 0.3) is 0 Å². The summed E-state index contributed by atoms with van der Waals surface area (Å²) >= 11 is 0. The molecule has 1 saturated heterocycles. The van der Waals surface area contributed by atoms with Crippen LogP contribution in [0.3, 0.4) is 0 Å². The molecule has 0 spiro atoms. The summed E-state index contributed by atoms with van der Waals surface area (Å²) in [6.07, 6.45) is -2.43. The molecule has 6 N–H and O–H groups in total. The molecule has 0 radical (unpaired) electrons. The van der Waals surface area contributed by atoms with Crippen LogP contribution in [-0.2, 0) is 14.3 Å². The van der Waals surface area contributed by atoms with Gasteiger partial charge in [0, 0.05) is 6.08 Å². The average molecular weight is 342 g/mol. The molecule has 1 aromatic carbocycles. The molecule has 1 aliphatic rings. The van der Waals surface area contributed by atoms with Gasteiger partial charge in [0.15, 0.2) is 17.6 Å². The van der Waals surface area contributed by atoms with E-state index in [1.807, 2.05) is 0 Å². The van der Waals surface area contributed by atoms with Crippen molar-refractivity contribution >= 4 is 12.0 Å². The fraction of sp³-hybridized carbons (Fsp3) is 0.400. The summed E-state index contributed by atoms with van der Waals surface area (Å²) in [5.41, 5.74) is 0.414. The summed E-state index contributed by atoms with van der Waals surface area (Å²) in [5, 5.41) is 56.7. The highest BCUT2D eigenvalue weighted by Gasteiger charge is 2.49. The van der Waals surface area contributed by atoms with Crippen molar-refractivity contribution in [3.8, 4) is 11.5 Å². The number of phenolic OH excluding ortho intramolecular Hbond substituents is 2. The van der Waals surface area contributed by atoms with E-state index in [4.69, 9.17) is 14.6 Å². The summed E-state index contributed by atoms with van der Waals surface area (Å²) in [7, 11) is 0. The van der Waals surface area contributed by atoms with Crippen LogP contribution in [-0.4, -0.2) is 73.9 Å². The predicted molar refractivity (Wildman–Crippen MR) is 78.7 cm³/mol. The first-order valence-corrected chi connectivity index (χ1v) is 7.01. The van der Waals surface area contributed by atoms with Crippen molar-refractivity contribution in [1.82, 2.24) is 0 Å². The minimum absolute atomic E-state index is 0.303. The molecular formula is C15H18O9. The molecular weight excluding hydrogens is 324 g/mol. The highest BCUT2D eigenvalue weighted by Crippen LogP contribution is 2.26. The third-order valence-electron chi connectivity index (χ3n) is 3.57. The summed E-state index contributed by atoms with van der Waals surface area (Å²) < 4.78 is 9.76. The number of hydrogen-bond acceptors (Lipinski definition) is 9. The van der Waals surface area contributed by atoms with E-state index in [-0.39, 0.29) is 11.5 Å². The van der Waals surface area contributed by atoms with Gasteiger partial charge in [-0.05, 0) is 23.8 Å². The standard InChI is InChI=1S/C15H18O9/c16-7-15(22)14(21)13(20)11(6-23-15)24-12(19)4-2-8-1-3-9(17)10(18)5-8/h1-5,11,13-14,16-18,20-22H,6-7H2/t11-,13-,14+,15-/m1/s1. The van der Waals surface area contributed by atoms with Gasteiger partial charge in [-0.1, -0.05) is 6.07 Å². The lowest BCUT2D eigenvalue weighted by Gasteiger charge is -2.41. The highest BCUT2D eigenvalue weighted by molar-refractivity contribution is 5.87. The van der Waals surface area contributed by atoms with E-state index >= 15 is 0 Å². The van der Waals surface area contributed by atoms with Gasteiger partial charge in [-0.15, -0.1) is 0 Å². The molecule has 1 fully saturated rings. The van der Waals surface area contributed by atoms with Crippen LogP contribution in [0.2, 0.25) is 0 Å². The number of benzene rings is 1. The Labute approximate surface area is 136 Å². The summed E-state index contributed by atoms with van der Waals surface area (Å²) in [6, 6.07) is 3.91. The molecule has 1 aromatic rings. The fourth-order valence-electron chi connectivity index (χ4n) is 2.12. The second-order valence-corrected chi connectivity index (χ2v) is 5.31. The van der Waals surface area contributed by atoms with Crippen molar-refractivity contribution in [2.24, 2.45) is 0 Å². The third-order valence-corrected chi connectivity index (χ3v) is 3.57. The van der Waals surface area contributed by atoms with Crippen LogP contribution in [0, 0.1) is 0 Å². The smallest absolute Gasteiger partial charge is 0.331 e. The predicted octanol–water partition coefficient (Wildman–Crippen LogP) is -1.54. The number of ether oxygens (including phenoxy) is 2. The van der Waals surface area contributed by atoms with Gasteiger partial charge in [0.05, 0.1) is 13.2 Å². The SMILES string of the molecule is O=C(C=Cc1ccc(O)c(O)c1)O[C@@H]1CO[C@](O)(CO)[C@@H](O)[C@@H]1O. The molecule has 9 heteroatoms. The Bertz CT molecular complexity index is 629. The number of aromatic hydroxyl groups is 2. The highest BCUT2D eigenvalue weighted by atomic mass is 16.7. The number of hydrogen-bond donors (Lipinski definition) is 6. The number of aliphatic hydroxyl groups excluding tert-OH is 3. The second kappa shape index (κ2) is 7.16. The topological polar surface area (TPSA) is 157 Å². The molecule has 24 heavy (non-hydrogen) atoms. The number of aliphatic hydroxyl groups is 4. The lowest BCUT2D eigenvalue weighted by atomic mass is 9.97. The van der Waals surface area contributed by atoms with Crippen LogP contribution in [0.15, 0.2) is 24.3 Å². The number of carbonyl (C=O) groups excluding carboxylic acids is 1. The Morgan fingerprint density at radius 3 is 2.67 bits per heavy atom. The van der Waals surface area contributed by atoms with Crippen LogP contribution in [0.1, 0.15) is 5.56 Å². The number of phenols is 2. The maximum atomic E-state index is 11.7. The first kappa shape index (κ1) is 18.2. The first-order chi connectivity index (χ1) is 11.3.